The molecule has 2 nitrogen and oxygen atoms in total. The molecule has 0 radical (unpaired) electrons. The Balaban J connectivity index is 2.38. The minimum Gasteiger partial charge on any atom is -0.369 e. The molecule has 0 spiro atoms. The zero-order valence-electron chi connectivity index (χ0n) is 9.33. The van der Waals surface area contributed by atoms with Crippen LogP contribution in [0.25, 0.3) is 0 Å². The van der Waals surface area contributed by atoms with Gasteiger partial charge in [0.25, 0.3) is 0 Å². The second-order valence-electron chi connectivity index (χ2n) is 4.30. The summed E-state index contributed by atoms with van der Waals surface area (Å²) >= 11 is 0. The molecule has 1 aromatic rings. The van der Waals surface area contributed by atoms with Crippen LogP contribution in [-0.2, 0) is 0 Å². The summed E-state index contributed by atoms with van der Waals surface area (Å²) in [4.78, 5) is 2.41. The van der Waals surface area contributed by atoms with E-state index in [1.165, 1.54) is 24.1 Å². The molecule has 1 heterocycles. The van der Waals surface area contributed by atoms with Gasteiger partial charge in [0.15, 0.2) is 0 Å². The van der Waals surface area contributed by atoms with Crippen molar-refractivity contribution in [3.05, 3.63) is 29.3 Å². The largest absolute Gasteiger partial charge is 0.369 e. The standard InChI is InChI=1S/C13H16N2/c1-10-5-6-12(9-14)8-13(10)15-7-3-4-11(15)2/h5-6,8,11H,3-4,7H2,1-2H3. The third kappa shape index (κ3) is 1.83. The summed E-state index contributed by atoms with van der Waals surface area (Å²) in [6.45, 7) is 5.49. The summed E-state index contributed by atoms with van der Waals surface area (Å²) < 4.78 is 0. The van der Waals surface area contributed by atoms with E-state index in [-0.39, 0.29) is 0 Å². The molecule has 1 saturated heterocycles. The van der Waals surface area contributed by atoms with E-state index in [4.69, 9.17) is 5.26 Å². The first kappa shape index (κ1) is 10.0. The maximum absolute atomic E-state index is 8.89. The van der Waals surface area contributed by atoms with Crippen LogP contribution < -0.4 is 4.90 Å². The summed E-state index contributed by atoms with van der Waals surface area (Å²) in [5.41, 5.74) is 3.26. The number of nitriles is 1. The number of benzene rings is 1. The normalized spacial score (nSPS) is 20.3. The van der Waals surface area contributed by atoms with Gasteiger partial charge in [-0.25, -0.2) is 0 Å². The molecule has 2 heteroatoms. The van der Waals surface area contributed by atoms with E-state index in [9.17, 15) is 0 Å². The fraction of sp³-hybridized carbons (Fsp3) is 0.462. The van der Waals surface area contributed by atoms with Crippen LogP contribution in [0.15, 0.2) is 18.2 Å². The van der Waals surface area contributed by atoms with E-state index in [1.54, 1.807) is 0 Å². The van der Waals surface area contributed by atoms with Gasteiger partial charge in [0.1, 0.15) is 0 Å². The number of nitrogens with zero attached hydrogens (tertiary/aromatic N) is 2. The highest BCUT2D eigenvalue weighted by Gasteiger charge is 2.21. The van der Waals surface area contributed by atoms with Crippen molar-refractivity contribution in [2.24, 2.45) is 0 Å². The molecule has 2 rings (SSSR count). The van der Waals surface area contributed by atoms with Crippen LogP contribution >= 0.6 is 0 Å². The van der Waals surface area contributed by atoms with Gasteiger partial charge in [-0.3, -0.25) is 0 Å². The van der Waals surface area contributed by atoms with Crippen LogP contribution in [-0.4, -0.2) is 12.6 Å². The number of hydrogen-bond donors (Lipinski definition) is 0. The molecule has 78 valence electrons. The van der Waals surface area contributed by atoms with Crippen LogP contribution in [0, 0.1) is 18.3 Å². The fourth-order valence-electron chi connectivity index (χ4n) is 2.28. The van der Waals surface area contributed by atoms with Crippen molar-refractivity contribution in [3.63, 3.8) is 0 Å². The second-order valence-corrected chi connectivity index (χ2v) is 4.30. The Morgan fingerprint density at radius 3 is 2.87 bits per heavy atom. The van der Waals surface area contributed by atoms with Crippen LogP contribution in [0.4, 0.5) is 5.69 Å². The maximum atomic E-state index is 8.89. The highest BCUT2D eigenvalue weighted by atomic mass is 15.2. The van der Waals surface area contributed by atoms with Crippen molar-refractivity contribution in [2.45, 2.75) is 32.7 Å². The van der Waals surface area contributed by atoms with Crippen LogP contribution in [0.3, 0.4) is 0 Å². The predicted octanol–water partition coefficient (Wildman–Crippen LogP) is 2.86. The first-order valence-electron chi connectivity index (χ1n) is 5.50. The monoisotopic (exact) mass is 200 g/mol. The lowest BCUT2D eigenvalue weighted by Crippen LogP contribution is -2.26. The van der Waals surface area contributed by atoms with E-state index in [1.807, 2.05) is 18.2 Å². The third-order valence-corrected chi connectivity index (χ3v) is 3.20. The van der Waals surface area contributed by atoms with Gasteiger partial charge in [0.2, 0.25) is 0 Å². The van der Waals surface area contributed by atoms with E-state index in [2.05, 4.69) is 24.8 Å². The van der Waals surface area contributed by atoms with E-state index in [0.29, 0.717) is 6.04 Å². The Kier molecular flexibility index (Phi) is 2.64. The topological polar surface area (TPSA) is 27.0 Å². The first-order chi connectivity index (χ1) is 7.22. The molecule has 1 atom stereocenters. The van der Waals surface area contributed by atoms with Gasteiger partial charge in [-0.15, -0.1) is 0 Å². The van der Waals surface area contributed by atoms with Gasteiger partial charge in [0, 0.05) is 18.3 Å². The van der Waals surface area contributed by atoms with E-state index < -0.39 is 0 Å². The molecule has 1 aliphatic rings. The van der Waals surface area contributed by atoms with Crippen molar-refractivity contribution in [2.75, 3.05) is 11.4 Å². The Bertz CT molecular complexity index is 403. The lowest BCUT2D eigenvalue weighted by molar-refractivity contribution is 0.733. The zero-order chi connectivity index (χ0) is 10.8. The summed E-state index contributed by atoms with van der Waals surface area (Å²) in [6, 6.07) is 8.76. The molecule has 1 fully saturated rings. The fourth-order valence-corrected chi connectivity index (χ4v) is 2.28. The predicted molar refractivity (Wildman–Crippen MR) is 61.9 cm³/mol. The quantitative estimate of drug-likeness (QED) is 0.697. The number of anilines is 1. The SMILES string of the molecule is Cc1ccc(C#N)cc1N1CCCC1C. The Morgan fingerprint density at radius 1 is 1.47 bits per heavy atom. The van der Waals surface area contributed by atoms with Gasteiger partial charge in [-0.2, -0.15) is 5.26 Å². The molecule has 1 unspecified atom stereocenters. The Hall–Kier alpha value is -1.49. The average Bonchev–Trinajstić information content (AvgIpc) is 2.65. The molecule has 0 aliphatic carbocycles. The van der Waals surface area contributed by atoms with Crippen molar-refractivity contribution >= 4 is 5.69 Å². The molecule has 0 N–H and O–H groups in total. The molecule has 1 aromatic carbocycles. The highest BCUT2D eigenvalue weighted by molar-refractivity contribution is 5.58. The molecule has 1 aliphatic heterocycles. The maximum Gasteiger partial charge on any atom is 0.0992 e. The Morgan fingerprint density at radius 2 is 2.27 bits per heavy atom. The molecule has 0 amide bonds. The van der Waals surface area contributed by atoms with Crippen molar-refractivity contribution in [1.29, 1.82) is 5.26 Å². The smallest absolute Gasteiger partial charge is 0.0992 e. The molecular weight excluding hydrogens is 184 g/mol. The lowest BCUT2D eigenvalue weighted by atomic mass is 10.1. The molecule has 15 heavy (non-hydrogen) atoms. The molecule has 0 aromatic heterocycles. The first-order valence-corrected chi connectivity index (χ1v) is 5.50. The van der Waals surface area contributed by atoms with Gasteiger partial charge in [0.05, 0.1) is 11.6 Å². The van der Waals surface area contributed by atoms with Crippen molar-refractivity contribution in [3.8, 4) is 6.07 Å². The van der Waals surface area contributed by atoms with Gasteiger partial charge < -0.3 is 4.90 Å². The van der Waals surface area contributed by atoms with Crippen LogP contribution in [0.5, 0.6) is 0 Å². The van der Waals surface area contributed by atoms with Crippen LogP contribution in [0.1, 0.15) is 30.9 Å². The second kappa shape index (κ2) is 3.94. The van der Waals surface area contributed by atoms with Gasteiger partial charge in [-0.1, -0.05) is 6.07 Å². The Labute approximate surface area is 91.1 Å². The minimum atomic E-state index is 0.609. The van der Waals surface area contributed by atoms with Gasteiger partial charge >= 0.3 is 0 Å². The molecule has 0 saturated carbocycles. The molecular formula is C13H16N2. The third-order valence-electron chi connectivity index (χ3n) is 3.20. The number of hydrogen-bond acceptors (Lipinski definition) is 2. The van der Waals surface area contributed by atoms with E-state index in [0.717, 1.165) is 12.1 Å². The van der Waals surface area contributed by atoms with Gasteiger partial charge in [-0.05, 0) is 44.4 Å². The zero-order valence-corrected chi connectivity index (χ0v) is 9.33. The lowest BCUT2D eigenvalue weighted by Gasteiger charge is -2.25. The number of aryl methyl sites for hydroxylation is 1. The summed E-state index contributed by atoms with van der Waals surface area (Å²) in [6.07, 6.45) is 2.52. The van der Waals surface area contributed by atoms with Crippen LogP contribution in [0.2, 0.25) is 0 Å². The summed E-state index contributed by atoms with van der Waals surface area (Å²) in [5.74, 6) is 0. The highest BCUT2D eigenvalue weighted by Crippen LogP contribution is 2.28. The average molecular weight is 200 g/mol. The summed E-state index contributed by atoms with van der Waals surface area (Å²) in [7, 11) is 0. The minimum absolute atomic E-state index is 0.609. The molecule has 0 bridgehead atoms. The van der Waals surface area contributed by atoms with Crippen molar-refractivity contribution in [1.82, 2.24) is 0 Å². The number of rotatable bonds is 1. The van der Waals surface area contributed by atoms with E-state index >= 15 is 0 Å². The summed E-state index contributed by atoms with van der Waals surface area (Å²) in [5, 5.41) is 8.89. The van der Waals surface area contributed by atoms with Crippen molar-refractivity contribution < 1.29 is 0 Å².